The van der Waals surface area contributed by atoms with E-state index in [9.17, 15) is 22.4 Å². The molecule has 1 N–H and O–H groups in total. The van der Waals surface area contributed by atoms with Gasteiger partial charge in [0.2, 0.25) is 21.8 Å². The van der Waals surface area contributed by atoms with Crippen molar-refractivity contribution in [1.29, 1.82) is 0 Å². The molecule has 0 radical (unpaired) electrons. The summed E-state index contributed by atoms with van der Waals surface area (Å²) in [7, 11) is -3.84. The van der Waals surface area contributed by atoms with Crippen LogP contribution < -0.4 is 9.62 Å². The molecule has 0 saturated heterocycles. The summed E-state index contributed by atoms with van der Waals surface area (Å²) in [5, 5.41) is 2.80. The van der Waals surface area contributed by atoms with E-state index in [0.29, 0.717) is 12.2 Å². The number of amides is 2. The molecule has 0 heterocycles. The highest BCUT2D eigenvalue weighted by atomic mass is 32.2. The maximum absolute atomic E-state index is 14.4. The third-order valence-electron chi connectivity index (χ3n) is 5.66. The van der Waals surface area contributed by atoms with E-state index in [1.165, 1.54) is 23.1 Å². The number of halogens is 1. The summed E-state index contributed by atoms with van der Waals surface area (Å²) in [5.41, 5.74) is 1.41. The maximum atomic E-state index is 14.4. The number of nitrogens with zero attached hydrogens (tertiary/aromatic N) is 2. The van der Waals surface area contributed by atoms with Crippen molar-refractivity contribution >= 4 is 27.5 Å². The van der Waals surface area contributed by atoms with Crippen LogP contribution in [0.2, 0.25) is 0 Å². The molecule has 2 aromatic carbocycles. The van der Waals surface area contributed by atoms with Crippen LogP contribution in [0.1, 0.15) is 51.7 Å². The number of anilines is 1. The Morgan fingerprint density at radius 1 is 0.971 bits per heavy atom. The average Bonchev–Trinajstić information content (AvgIpc) is 2.79. The molecule has 0 bridgehead atoms. The molecule has 0 spiro atoms. The predicted octanol–water partition coefficient (Wildman–Crippen LogP) is 3.90. The topological polar surface area (TPSA) is 86.8 Å². The molecular weight excluding hydrogens is 469 g/mol. The Kier molecular flexibility index (Phi) is 9.82. The van der Waals surface area contributed by atoms with Gasteiger partial charge in [-0.25, -0.2) is 12.8 Å². The smallest absolute Gasteiger partial charge is 0.244 e. The molecule has 2 rings (SSSR count). The SMILES string of the molecule is CC(C)CNC(=O)[C@H](C)N(Cc1ccccc1F)C(=O)CN(c1ccccc1C(C)C)S(C)(=O)=O. The molecule has 0 aromatic heterocycles. The molecule has 2 aromatic rings. The van der Waals surface area contributed by atoms with Crippen LogP contribution in [-0.4, -0.2) is 50.5 Å². The number of para-hydroxylation sites is 1. The summed E-state index contributed by atoms with van der Waals surface area (Å²) in [4.78, 5) is 27.6. The van der Waals surface area contributed by atoms with Gasteiger partial charge in [-0.2, -0.15) is 0 Å². The van der Waals surface area contributed by atoms with Crippen LogP contribution in [0.4, 0.5) is 10.1 Å². The van der Waals surface area contributed by atoms with Crippen LogP contribution in [0.5, 0.6) is 0 Å². The second kappa shape index (κ2) is 12.2. The molecule has 192 valence electrons. The van der Waals surface area contributed by atoms with Crippen LogP contribution >= 0.6 is 0 Å². The quantitative estimate of drug-likeness (QED) is 0.502. The Bertz CT molecular complexity index is 1130. The van der Waals surface area contributed by atoms with Crippen LogP contribution in [0, 0.1) is 11.7 Å². The second-order valence-electron chi connectivity index (χ2n) is 9.41. The zero-order chi connectivity index (χ0) is 26.3. The van der Waals surface area contributed by atoms with Gasteiger partial charge in [0, 0.05) is 18.7 Å². The standard InChI is InChI=1S/C26H36FN3O4S/c1-18(2)15-28-26(32)20(5)29(16-21-11-7-9-13-23(21)27)25(31)17-30(35(6,33)34)24-14-10-8-12-22(24)19(3)4/h7-14,18-20H,15-17H2,1-6H3,(H,28,32)/t20-/m0/s1. The molecule has 1 atom stereocenters. The Morgan fingerprint density at radius 2 is 1.57 bits per heavy atom. The predicted molar refractivity (Wildman–Crippen MR) is 137 cm³/mol. The fourth-order valence-electron chi connectivity index (χ4n) is 3.64. The van der Waals surface area contributed by atoms with E-state index in [1.54, 1.807) is 25.1 Å². The first-order chi connectivity index (χ1) is 16.3. The highest BCUT2D eigenvalue weighted by Gasteiger charge is 2.31. The van der Waals surface area contributed by atoms with E-state index in [0.717, 1.165) is 16.1 Å². The average molecular weight is 506 g/mol. The molecule has 7 nitrogen and oxygen atoms in total. The molecular formula is C26H36FN3O4S. The summed E-state index contributed by atoms with van der Waals surface area (Å²) in [6, 6.07) is 12.1. The van der Waals surface area contributed by atoms with Gasteiger partial charge in [0.15, 0.2) is 0 Å². The lowest BCUT2D eigenvalue weighted by molar-refractivity contribution is -0.139. The Balaban J connectivity index is 2.45. The van der Waals surface area contributed by atoms with E-state index >= 15 is 0 Å². The molecule has 0 aliphatic carbocycles. The number of sulfonamides is 1. The monoisotopic (exact) mass is 505 g/mol. The number of carbonyl (C=O) groups excluding carboxylic acids is 2. The third kappa shape index (κ3) is 7.78. The molecule has 0 unspecified atom stereocenters. The van der Waals surface area contributed by atoms with Crippen molar-refractivity contribution < 1.29 is 22.4 Å². The number of benzene rings is 2. The van der Waals surface area contributed by atoms with E-state index in [-0.39, 0.29) is 23.9 Å². The van der Waals surface area contributed by atoms with Crippen molar-refractivity contribution in [1.82, 2.24) is 10.2 Å². The van der Waals surface area contributed by atoms with Gasteiger partial charge in [-0.1, -0.05) is 64.1 Å². The fourth-order valence-corrected chi connectivity index (χ4v) is 4.51. The number of hydrogen-bond donors (Lipinski definition) is 1. The number of nitrogens with one attached hydrogen (secondary N) is 1. The molecule has 0 aliphatic rings. The van der Waals surface area contributed by atoms with Gasteiger partial charge in [-0.15, -0.1) is 0 Å². The van der Waals surface area contributed by atoms with Crippen LogP contribution in [-0.2, 0) is 26.2 Å². The van der Waals surface area contributed by atoms with Gasteiger partial charge in [0.1, 0.15) is 18.4 Å². The molecule has 35 heavy (non-hydrogen) atoms. The zero-order valence-corrected chi connectivity index (χ0v) is 22.1. The van der Waals surface area contributed by atoms with Crippen molar-refractivity contribution in [3.05, 3.63) is 65.5 Å². The normalized spacial score (nSPS) is 12.5. The van der Waals surface area contributed by atoms with Crippen LogP contribution in [0.3, 0.4) is 0 Å². The van der Waals surface area contributed by atoms with Gasteiger partial charge in [-0.3, -0.25) is 13.9 Å². The largest absolute Gasteiger partial charge is 0.354 e. The summed E-state index contributed by atoms with van der Waals surface area (Å²) in [6.07, 6.45) is 1.04. The van der Waals surface area contributed by atoms with Crippen LogP contribution in [0.15, 0.2) is 48.5 Å². The Labute approximate surface area is 208 Å². The first-order valence-electron chi connectivity index (χ1n) is 11.7. The fraction of sp³-hybridized carbons (Fsp3) is 0.462. The lowest BCUT2D eigenvalue weighted by Gasteiger charge is -2.32. The lowest BCUT2D eigenvalue weighted by Crippen LogP contribution is -2.51. The molecule has 0 saturated carbocycles. The molecule has 0 fully saturated rings. The molecule has 2 amide bonds. The maximum Gasteiger partial charge on any atom is 0.244 e. The second-order valence-corrected chi connectivity index (χ2v) is 11.3. The molecule has 9 heteroatoms. The van der Waals surface area contributed by atoms with Crippen molar-refractivity contribution in [3.8, 4) is 0 Å². The Hall–Kier alpha value is -2.94. The van der Waals surface area contributed by atoms with E-state index in [1.807, 2.05) is 39.8 Å². The summed E-state index contributed by atoms with van der Waals surface area (Å²) < 4.78 is 41.0. The van der Waals surface area contributed by atoms with Gasteiger partial charge in [0.25, 0.3) is 0 Å². The lowest BCUT2D eigenvalue weighted by atomic mass is 10.0. The number of rotatable bonds is 11. The van der Waals surface area contributed by atoms with Gasteiger partial charge >= 0.3 is 0 Å². The first kappa shape index (κ1) is 28.3. The van der Waals surface area contributed by atoms with Gasteiger partial charge < -0.3 is 10.2 Å². The number of carbonyl (C=O) groups is 2. The minimum atomic E-state index is -3.84. The third-order valence-corrected chi connectivity index (χ3v) is 6.78. The van der Waals surface area contributed by atoms with Gasteiger partial charge in [-0.05, 0) is 36.5 Å². The highest BCUT2D eigenvalue weighted by molar-refractivity contribution is 7.92. The van der Waals surface area contributed by atoms with Crippen molar-refractivity contribution in [3.63, 3.8) is 0 Å². The number of hydrogen-bond acceptors (Lipinski definition) is 4. The van der Waals surface area contributed by atoms with Crippen molar-refractivity contribution in [2.24, 2.45) is 5.92 Å². The summed E-state index contributed by atoms with van der Waals surface area (Å²) in [5.74, 6) is -1.29. The highest BCUT2D eigenvalue weighted by Crippen LogP contribution is 2.29. The summed E-state index contributed by atoms with van der Waals surface area (Å²) >= 11 is 0. The first-order valence-corrected chi connectivity index (χ1v) is 13.5. The van der Waals surface area contributed by atoms with E-state index in [2.05, 4.69) is 5.32 Å². The van der Waals surface area contributed by atoms with Crippen LogP contribution in [0.25, 0.3) is 0 Å². The minimum absolute atomic E-state index is 0.0146. The Morgan fingerprint density at radius 3 is 2.14 bits per heavy atom. The van der Waals surface area contributed by atoms with Gasteiger partial charge in [0.05, 0.1) is 11.9 Å². The van der Waals surface area contributed by atoms with E-state index in [4.69, 9.17) is 0 Å². The van der Waals surface area contributed by atoms with E-state index < -0.39 is 40.2 Å². The van der Waals surface area contributed by atoms with Crippen molar-refractivity contribution in [2.75, 3.05) is 23.7 Å². The minimum Gasteiger partial charge on any atom is -0.354 e. The summed E-state index contributed by atoms with van der Waals surface area (Å²) in [6.45, 7) is 9.06. The van der Waals surface area contributed by atoms with Crippen molar-refractivity contribution in [2.45, 2.75) is 53.1 Å². The molecule has 0 aliphatic heterocycles. The zero-order valence-electron chi connectivity index (χ0n) is 21.3.